The van der Waals surface area contributed by atoms with Crippen molar-refractivity contribution < 1.29 is 0 Å². The Labute approximate surface area is 74.0 Å². The average molecular weight is 248 g/mol. The summed E-state index contributed by atoms with van der Waals surface area (Å²) in [4.78, 5) is 4.15. The molecule has 1 aromatic heterocycles. The molecule has 3 heteroatoms. The number of hydrogen-bond acceptors (Lipinski definition) is 2. The van der Waals surface area contributed by atoms with Crippen molar-refractivity contribution in [3.05, 3.63) is 24.0 Å². The number of rotatable bonds is 1. The second kappa shape index (κ2) is 3.18. The van der Waals surface area contributed by atoms with E-state index in [2.05, 4.69) is 34.5 Å². The van der Waals surface area contributed by atoms with Crippen molar-refractivity contribution in [1.29, 1.82) is 0 Å². The van der Waals surface area contributed by atoms with Gasteiger partial charge in [-0.2, -0.15) is 0 Å². The molecule has 0 radical (unpaired) electrons. The molecule has 0 aliphatic heterocycles. The Morgan fingerprint density at radius 3 is 2.70 bits per heavy atom. The molecule has 0 bridgehead atoms. The fourth-order valence-corrected chi connectivity index (χ4v) is 1.02. The second-order valence-electron chi connectivity index (χ2n) is 2.13. The summed E-state index contributed by atoms with van der Waals surface area (Å²) < 4.78 is 0.457. The molecule has 54 valence electrons. The van der Waals surface area contributed by atoms with E-state index in [0.29, 0.717) is 3.92 Å². The van der Waals surface area contributed by atoms with Gasteiger partial charge >= 0.3 is 0 Å². The van der Waals surface area contributed by atoms with Crippen molar-refractivity contribution in [2.24, 2.45) is 0 Å². The van der Waals surface area contributed by atoms with Crippen LogP contribution < -0.4 is 5.73 Å². The van der Waals surface area contributed by atoms with Crippen molar-refractivity contribution in [2.45, 2.75) is 10.8 Å². The molecule has 1 rings (SSSR count). The van der Waals surface area contributed by atoms with Gasteiger partial charge in [-0.05, 0) is 19.1 Å². The molecular formula is C7H9IN2. The molecule has 2 N–H and O–H groups in total. The number of pyridine rings is 1. The average Bonchev–Trinajstić information content (AvgIpc) is 1.88. The molecule has 1 heterocycles. The largest absolute Gasteiger partial charge is 0.397 e. The Morgan fingerprint density at radius 2 is 2.30 bits per heavy atom. The van der Waals surface area contributed by atoms with Crippen LogP contribution in [0.2, 0.25) is 0 Å². The van der Waals surface area contributed by atoms with Crippen LogP contribution >= 0.6 is 22.6 Å². The predicted octanol–water partition coefficient (Wildman–Crippen LogP) is 2.16. The van der Waals surface area contributed by atoms with E-state index in [1.165, 1.54) is 0 Å². The second-order valence-corrected chi connectivity index (χ2v) is 4.00. The van der Waals surface area contributed by atoms with Crippen molar-refractivity contribution in [3.8, 4) is 0 Å². The van der Waals surface area contributed by atoms with Gasteiger partial charge in [0.25, 0.3) is 0 Å². The number of hydrogen-bond donors (Lipinski definition) is 1. The van der Waals surface area contributed by atoms with Gasteiger partial charge in [0, 0.05) is 0 Å². The molecule has 2 nitrogen and oxygen atoms in total. The summed E-state index contributed by atoms with van der Waals surface area (Å²) in [5.41, 5.74) is 7.26. The predicted molar refractivity (Wildman–Crippen MR) is 51.1 cm³/mol. The van der Waals surface area contributed by atoms with E-state index in [1.807, 2.05) is 12.1 Å². The molecule has 1 atom stereocenters. The molecule has 0 aliphatic rings. The Hall–Kier alpha value is -0.320. The smallest absolute Gasteiger partial charge is 0.0530 e. The first-order valence-electron chi connectivity index (χ1n) is 3.05. The number of aromatic nitrogens is 1. The Morgan fingerprint density at radius 1 is 1.60 bits per heavy atom. The maximum absolute atomic E-state index is 5.46. The van der Waals surface area contributed by atoms with Crippen molar-refractivity contribution >= 4 is 28.3 Å². The van der Waals surface area contributed by atoms with Gasteiger partial charge in [-0.25, -0.2) is 0 Å². The van der Waals surface area contributed by atoms with Gasteiger partial charge < -0.3 is 5.73 Å². The summed E-state index contributed by atoms with van der Waals surface area (Å²) in [5, 5.41) is 0. The quantitative estimate of drug-likeness (QED) is 0.611. The monoisotopic (exact) mass is 248 g/mol. The van der Waals surface area contributed by atoms with Gasteiger partial charge in [-0.3, -0.25) is 4.98 Å². The van der Waals surface area contributed by atoms with Crippen molar-refractivity contribution in [3.63, 3.8) is 0 Å². The van der Waals surface area contributed by atoms with Crippen LogP contribution in [0, 0.1) is 0 Å². The lowest BCUT2D eigenvalue weighted by molar-refractivity contribution is 1.04. The van der Waals surface area contributed by atoms with Gasteiger partial charge in [0.1, 0.15) is 0 Å². The van der Waals surface area contributed by atoms with Crippen LogP contribution in [0.4, 0.5) is 5.69 Å². The molecule has 0 spiro atoms. The van der Waals surface area contributed by atoms with Gasteiger partial charge in [0.2, 0.25) is 0 Å². The van der Waals surface area contributed by atoms with Crippen LogP contribution in [0.3, 0.4) is 0 Å². The molecular weight excluding hydrogens is 239 g/mol. The summed E-state index contributed by atoms with van der Waals surface area (Å²) in [6.45, 7) is 2.10. The SMILES string of the molecule is CC(I)c1ccc(N)cn1. The summed E-state index contributed by atoms with van der Waals surface area (Å²) in [6.07, 6.45) is 1.69. The molecule has 0 aliphatic carbocycles. The zero-order valence-electron chi connectivity index (χ0n) is 5.71. The first kappa shape index (κ1) is 7.78. The first-order chi connectivity index (χ1) is 4.70. The molecule has 0 saturated carbocycles. The lowest BCUT2D eigenvalue weighted by atomic mass is 10.3. The standard InChI is InChI=1S/C7H9IN2/c1-5(8)7-3-2-6(9)4-10-7/h2-5H,9H2,1H3. The fourth-order valence-electron chi connectivity index (χ4n) is 0.652. The van der Waals surface area contributed by atoms with Gasteiger partial charge in [0.05, 0.1) is 21.5 Å². The highest BCUT2D eigenvalue weighted by Gasteiger charge is 1.99. The summed E-state index contributed by atoms with van der Waals surface area (Å²) in [5.74, 6) is 0. The minimum Gasteiger partial charge on any atom is -0.397 e. The number of alkyl halides is 1. The van der Waals surface area contributed by atoms with Crippen LogP contribution in [0.5, 0.6) is 0 Å². The number of nitrogens with two attached hydrogens (primary N) is 1. The summed E-state index contributed by atoms with van der Waals surface area (Å²) in [7, 11) is 0. The Kier molecular flexibility index (Phi) is 2.48. The molecule has 1 unspecified atom stereocenters. The minimum absolute atomic E-state index is 0.457. The van der Waals surface area contributed by atoms with Gasteiger partial charge in [0.15, 0.2) is 0 Å². The normalized spacial score (nSPS) is 13.0. The maximum Gasteiger partial charge on any atom is 0.0530 e. The lowest BCUT2D eigenvalue weighted by Crippen LogP contribution is -1.91. The molecule has 10 heavy (non-hydrogen) atoms. The highest BCUT2D eigenvalue weighted by Crippen LogP contribution is 2.19. The Bertz CT molecular complexity index is 205. The zero-order chi connectivity index (χ0) is 7.56. The van der Waals surface area contributed by atoms with E-state index in [4.69, 9.17) is 5.73 Å². The van der Waals surface area contributed by atoms with Crippen LogP contribution in [-0.2, 0) is 0 Å². The number of halogens is 1. The zero-order valence-corrected chi connectivity index (χ0v) is 7.87. The van der Waals surface area contributed by atoms with E-state index in [-0.39, 0.29) is 0 Å². The van der Waals surface area contributed by atoms with E-state index in [0.717, 1.165) is 11.4 Å². The lowest BCUT2D eigenvalue weighted by Gasteiger charge is -2.00. The third-order valence-electron chi connectivity index (χ3n) is 1.22. The van der Waals surface area contributed by atoms with Crippen LogP contribution in [0.25, 0.3) is 0 Å². The fraction of sp³-hybridized carbons (Fsp3) is 0.286. The van der Waals surface area contributed by atoms with Gasteiger partial charge in [-0.1, -0.05) is 22.6 Å². The number of nitrogen functional groups attached to an aromatic ring is 1. The molecule has 0 saturated heterocycles. The van der Waals surface area contributed by atoms with E-state index in [1.54, 1.807) is 6.20 Å². The van der Waals surface area contributed by atoms with Crippen molar-refractivity contribution in [2.75, 3.05) is 5.73 Å². The highest BCUT2D eigenvalue weighted by molar-refractivity contribution is 14.1. The summed E-state index contributed by atoms with van der Waals surface area (Å²) >= 11 is 2.32. The maximum atomic E-state index is 5.46. The van der Waals surface area contributed by atoms with E-state index in [9.17, 15) is 0 Å². The number of nitrogens with zero attached hydrogens (tertiary/aromatic N) is 1. The highest BCUT2D eigenvalue weighted by atomic mass is 127. The van der Waals surface area contributed by atoms with Crippen LogP contribution in [0.1, 0.15) is 16.5 Å². The van der Waals surface area contributed by atoms with E-state index < -0.39 is 0 Å². The first-order valence-corrected chi connectivity index (χ1v) is 4.30. The minimum atomic E-state index is 0.457. The molecule has 1 aromatic rings. The third kappa shape index (κ3) is 1.83. The molecule has 0 aromatic carbocycles. The van der Waals surface area contributed by atoms with Crippen LogP contribution in [-0.4, -0.2) is 4.98 Å². The third-order valence-corrected chi connectivity index (χ3v) is 1.85. The van der Waals surface area contributed by atoms with E-state index >= 15 is 0 Å². The molecule has 0 fully saturated rings. The number of anilines is 1. The molecule has 0 amide bonds. The Balaban J connectivity index is 2.89. The van der Waals surface area contributed by atoms with Crippen molar-refractivity contribution in [1.82, 2.24) is 4.98 Å². The summed E-state index contributed by atoms with van der Waals surface area (Å²) in [6, 6.07) is 3.82. The van der Waals surface area contributed by atoms with Gasteiger partial charge in [-0.15, -0.1) is 0 Å². The van der Waals surface area contributed by atoms with Crippen LogP contribution in [0.15, 0.2) is 18.3 Å². The topological polar surface area (TPSA) is 38.9 Å².